The van der Waals surface area contributed by atoms with Crippen LogP contribution in [0.3, 0.4) is 0 Å². The van der Waals surface area contributed by atoms with Crippen molar-refractivity contribution in [2.45, 2.75) is 25.7 Å². The first kappa shape index (κ1) is 22.0. The molecule has 0 spiro atoms. The molecule has 0 unspecified atom stereocenters. The number of hydrogen-bond donors (Lipinski definition) is 2. The average Bonchev–Trinajstić information content (AvgIpc) is 2.59. The van der Waals surface area contributed by atoms with Gasteiger partial charge in [-0.25, -0.2) is 0 Å². The second kappa shape index (κ2) is 11.6. The zero-order valence-electron chi connectivity index (χ0n) is 14.9. The molecule has 1 aromatic rings. The number of hydrogen-bond acceptors (Lipinski definition) is 2. The van der Waals surface area contributed by atoms with E-state index in [2.05, 4.69) is 26.6 Å². The van der Waals surface area contributed by atoms with E-state index in [0.29, 0.717) is 12.3 Å². The molecule has 1 aliphatic rings. The summed E-state index contributed by atoms with van der Waals surface area (Å²) in [4.78, 5) is 18.1. The van der Waals surface area contributed by atoms with Crippen LogP contribution in [0.15, 0.2) is 29.3 Å². The van der Waals surface area contributed by atoms with Crippen molar-refractivity contribution in [2.24, 2.45) is 10.9 Å². The highest BCUT2D eigenvalue weighted by Crippen LogP contribution is 2.20. The number of benzene rings is 1. The third-order valence-corrected chi connectivity index (χ3v) is 4.70. The first-order chi connectivity index (χ1) is 11.6. The van der Waals surface area contributed by atoms with E-state index in [-0.39, 0.29) is 29.9 Å². The number of amides is 1. The number of carbonyl (C=O) groups excluding carboxylic acids is 1. The van der Waals surface area contributed by atoms with E-state index >= 15 is 0 Å². The third-order valence-electron chi connectivity index (χ3n) is 4.46. The number of nitrogens with zero attached hydrogens (tertiary/aromatic N) is 2. The molecule has 2 rings (SSSR count). The van der Waals surface area contributed by atoms with Crippen molar-refractivity contribution in [1.82, 2.24) is 15.5 Å². The molecule has 0 atom stereocenters. The standard InChI is InChI=1S/C18H27ClN4O.HI/c1-20-17(24)13-15-7-10-23(11-8-15)18(21-2)22-9-6-14-4-3-5-16(19)12-14;/h3-5,12,15H,6-11,13H2,1-2H3,(H,20,24)(H,21,22);1H. The topological polar surface area (TPSA) is 56.7 Å². The van der Waals surface area contributed by atoms with Crippen LogP contribution >= 0.6 is 35.6 Å². The Morgan fingerprint density at radius 2 is 2.08 bits per heavy atom. The molecule has 0 radical (unpaired) electrons. The molecule has 1 aromatic carbocycles. The van der Waals surface area contributed by atoms with Gasteiger partial charge in [-0.1, -0.05) is 23.7 Å². The minimum Gasteiger partial charge on any atom is -0.359 e. The highest BCUT2D eigenvalue weighted by Gasteiger charge is 2.22. The fourth-order valence-electron chi connectivity index (χ4n) is 3.06. The summed E-state index contributed by atoms with van der Waals surface area (Å²) in [5.74, 6) is 1.55. The van der Waals surface area contributed by atoms with Crippen molar-refractivity contribution in [3.05, 3.63) is 34.9 Å². The minimum absolute atomic E-state index is 0. The van der Waals surface area contributed by atoms with E-state index in [1.165, 1.54) is 5.56 Å². The van der Waals surface area contributed by atoms with Crippen LogP contribution in [-0.4, -0.2) is 50.5 Å². The van der Waals surface area contributed by atoms with E-state index in [4.69, 9.17) is 11.6 Å². The maximum Gasteiger partial charge on any atom is 0.220 e. The second-order valence-corrected chi connectivity index (χ2v) is 6.60. The van der Waals surface area contributed by atoms with Crippen molar-refractivity contribution < 1.29 is 4.79 Å². The van der Waals surface area contributed by atoms with Gasteiger partial charge in [-0.3, -0.25) is 9.79 Å². The minimum atomic E-state index is 0. The van der Waals surface area contributed by atoms with Crippen molar-refractivity contribution >= 4 is 47.4 Å². The van der Waals surface area contributed by atoms with Gasteiger partial charge in [0.1, 0.15) is 0 Å². The molecule has 1 saturated heterocycles. The predicted molar refractivity (Wildman–Crippen MR) is 115 cm³/mol. The van der Waals surface area contributed by atoms with Gasteiger partial charge in [0.25, 0.3) is 0 Å². The number of nitrogens with one attached hydrogen (secondary N) is 2. The van der Waals surface area contributed by atoms with Crippen molar-refractivity contribution in [3.63, 3.8) is 0 Å². The first-order valence-electron chi connectivity index (χ1n) is 8.53. The molecule has 1 heterocycles. The SMILES string of the molecule is CN=C(NCCc1cccc(Cl)c1)N1CCC(CC(=O)NC)CC1.I. The fraction of sp³-hybridized carbons (Fsp3) is 0.556. The summed E-state index contributed by atoms with van der Waals surface area (Å²) in [6, 6.07) is 7.95. The second-order valence-electron chi connectivity index (χ2n) is 6.16. The van der Waals surface area contributed by atoms with Crippen LogP contribution in [0.5, 0.6) is 0 Å². The summed E-state index contributed by atoms with van der Waals surface area (Å²) < 4.78 is 0. The Labute approximate surface area is 172 Å². The van der Waals surface area contributed by atoms with Gasteiger partial charge in [0, 0.05) is 45.2 Å². The molecule has 25 heavy (non-hydrogen) atoms. The molecule has 0 saturated carbocycles. The molecule has 1 fully saturated rings. The van der Waals surface area contributed by atoms with Crippen LogP contribution in [0, 0.1) is 5.92 Å². The first-order valence-corrected chi connectivity index (χ1v) is 8.90. The lowest BCUT2D eigenvalue weighted by Gasteiger charge is -2.34. The Balaban J connectivity index is 0.00000312. The summed E-state index contributed by atoms with van der Waals surface area (Å²) in [6.45, 7) is 2.71. The van der Waals surface area contributed by atoms with Crippen molar-refractivity contribution in [2.75, 3.05) is 33.7 Å². The Hall–Kier alpha value is -1.02. The predicted octanol–water partition coefficient (Wildman–Crippen LogP) is 2.92. The Morgan fingerprint density at radius 1 is 1.36 bits per heavy atom. The van der Waals surface area contributed by atoms with Crippen LogP contribution in [-0.2, 0) is 11.2 Å². The Bertz CT molecular complexity index is 574. The summed E-state index contributed by atoms with van der Waals surface area (Å²) >= 11 is 6.01. The monoisotopic (exact) mass is 478 g/mol. The lowest BCUT2D eigenvalue weighted by Crippen LogP contribution is -2.46. The summed E-state index contributed by atoms with van der Waals surface area (Å²) in [5, 5.41) is 6.91. The molecule has 1 amide bonds. The fourth-order valence-corrected chi connectivity index (χ4v) is 3.27. The number of likely N-dealkylation sites (tertiary alicyclic amines) is 1. The normalized spacial score (nSPS) is 15.5. The van der Waals surface area contributed by atoms with Crippen LogP contribution in [0.2, 0.25) is 5.02 Å². The summed E-state index contributed by atoms with van der Waals surface area (Å²) in [7, 11) is 3.52. The third kappa shape index (κ3) is 7.40. The van der Waals surface area contributed by atoms with Gasteiger partial charge in [0.05, 0.1) is 0 Å². The average molecular weight is 479 g/mol. The number of aliphatic imine (C=N–C) groups is 1. The molecular weight excluding hydrogens is 451 g/mol. The van der Waals surface area contributed by atoms with Crippen LogP contribution in [0.4, 0.5) is 0 Å². The van der Waals surface area contributed by atoms with Gasteiger partial charge >= 0.3 is 0 Å². The molecule has 0 aliphatic carbocycles. The zero-order valence-corrected chi connectivity index (χ0v) is 18.0. The maximum atomic E-state index is 11.5. The van der Waals surface area contributed by atoms with Gasteiger partial charge < -0.3 is 15.5 Å². The van der Waals surface area contributed by atoms with E-state index in [1.807, 2.05) is 25.2 Å². The van der Waals surface area contributed by atoms with Crippen LogP contribution in [0.25, 0.3) is 0 Å². The lowest BCUT2D eigenvalue weighted by molar-refractivity contribution is -0.121. The largest absolute Gasteiger partial charge is 0.359 e. The smallest absolute Gasteiger partial charge is 0.220 e. The number of rotatable bonds is 5. The van der Waals surface area contributed by atoms with Crippen molar-refractivity contribution in [3.8, 4) is 0 Å². The molecule has 0 aromatic heterocycles. The molecule has 7 heteroatoms. The number of piperidine rings is 1. The molecule has 140 valence electrons. The zero-order chi connectivity index (χ0) is 17.4. The van der Waals surface area contributed by atoms with E-state index in [0.717, 1.165) is 49.9 Å². The number of guanidine groups is 1. The van der Waals surface area contributed by atoms with Gasteiger partial charge in [-0.2, -0.15) is 0 Å². The maximum absolute atomic E-state index is 11.5. The van der Waals surface area contributed by atoms with Crippen LogP contribution in [0.1, 0.15) is 24.8 Å². The van der Waals surface area contributed by atoms with E-state index in [1.54, 1.807) is 7.05 Å². The van der Waals surface area contributed by atoms with Gasteiger partial charge in [-0.05, 0) is 42.9 Å². The van der Waals surface area contributed by atoms with Crippen LogP contribution < -0.4 is 10.6 Å². The summed E-state index contributed by atoms with van der Waals surface area (Å²) in [5.41, 5.74) is 1.22. The lowest BCUT2D eigenvalue weighted by atomic mass is 9.93. The Morgan fingerprint density at radius 3 is 2.68 bits per heavy atom. The molecule has 1 aliphatic heterocycles. The highest BCUT2D eigenvalue weighted by molar-refractivity contribution is 14.0. The number of halogens is 2. The van der Waals surface area contributed by atoms with Gasteiger partial charge in [-0.15, -0.1) is 24.0 Å². The van der Waals surface area contributed by atoms with Gasteiger partial charge in [0.15, 0.2) is 5.96 Å². The van der Waals surface area contributed by atoms with E-state index < -0.39 is 0 Å². The van der Waals surface area contributed by atoms with Gasteiger partial charge in [0.2, 0.25) is 5.91 Å². The molecule has 2 N–H and O–H groups in total. The molecule has 0 bridgehead atoms. The highest BCUT2D eigenvalue weighted by atomic mass is 127. The van der Waals surface area contributed by atoms with E-state index in [9.17, 15) is 4.79 Å². The summed E-state index contributed by atoms with van der Waals surface area (Å²) in [6.07, 6.45) is 3.60. The number of carbonyl (C=O) groups is 1. The molecular formula is C18H28ClIN4O. The Kier molecular flexibility index (Phi) is 10.2. The van der Waals surface area contributed by atoms with Crippen molar-refractivity contribution in [1.29, 1.82) is 0 Å². The molecule has 5 nitrogen and oxygen atoms in total. The quantitative estimate of drug-likeness (QED) is 0.389.